The molecule has 0 saturated heterocycles. The number of pyridine rings is 1. The number of aromatic amines is 1. The maximum atomic E-state index is 13.7. The Bertz CT molecular complexity index is 1690. The molecule has 1 aliphatic heterocycles. The van der Waals surface area contributed by atoms with E-state index in [1.807, 2.05) is 25.1 Å². The van der Waals surface area contributed by atoms with Gasteiger partial charge in [-0.25, -0.2) is 4.98 Å². The summed E-state index contributed by atoms with van der Waals surface area (Å²) in [4.78, 5) is 40.0. The van der Waals surface area contributed by atoms with Gasteiger partial charge < -0.3 is 14.5 Å². The lowest BCUT2D eigenvalue weighted by Gasteiger charge is -2.24. The van der Waals surface area contributed by atoms with Crippen molar-refractivity contribution in [3.05, 3.63) is 100 Å². The lowest BCUT2D eigenvalue weighted by Crippen LogP contribution is -2.32. The number of benzene rings is 2. The number of aliphatic hydroxyl groups is 1. The van der Waals surface area contributed by atoms with Crippen molar-refractivity contribution in [3.8, 4) is 0 Å². The molecular weight excluding hydrogens is 468 g/mol. The smallest absolute Gasteiger partial charge is 0.296 e. The standard InChI is InChI=1S/C26H17ClN4O4/c1-13-2-4-17-18(10-13)30-26(29-17)31-22(14-6-8-28-9-7-14)21(24(33)25(31)34)23(32)20-12-15-11-16(27)3-5-19(15)35-20/h2-12,22,33H,1H3,(H,29,30). The van der Waals surface area contributed by atoms with Crippen LogP contribution < -0.4 is 4.90 Å². The van der Waals surface area contributed by atoms with Crippen molar-refractivity contribution >= 4 is 51.2 Å². The van der Waals surface area contributed by atoms with Gasteiger partial charge in [-0.3, -0.25) is 19.5 Å². The van der Waals surface area contributed by atoms with Gasteiger partial charge >= 0.3 is 0 Å². The van der Waals surface area contributed by atoms with Crippen molar-refractivity contribution in [1.82, 2.24) is 15.0 Å². The molecule has 4 heterocycles. The molecule has 0 spiro atoms. The molecule has 0 aliphatic carbocycles. The molecule has 1 atom stereocenters. The zero-order valence-electron chi connectivity index (χ0n) is 18.3. The zero-order valence-corrected chi connectivity index (χ0v) is 19.1. The number of anilines is 1. The number of aryl methyl sites for hydroxylation is 1. The second-order valence-corrected chi connectivity index (χ2v) is 8.76. The first-order chi connectivity index (χ1) is 16.9. The Morgan fingerprint density at radius 1 is 1.11 bits per heavy atom. The van der Waals surface area contributed by atoms with Crippen molar-refractivity contribution in [2.24, 2.45) is 0 Å². The van der Waals surface area contributed by atoms with Crippen LogP contribution in [0.5, 0.6) is 0 Å². The van der Waals surface area contributed by atoms with Crippen LogP contribution in [0.2, 0.25) is 5.02 Å². The number of furan rings is 1. The van der Waals surface area contributed by atoms with Crippen LogP contribution in [0.4, 0.5) is 5.95 Å². The molecule has 2 N–H and O–H groups in total. The minimum absolute atomic E-state index is 0.0160. The zero-order chi connectivity index (χ0) is 24.3. The lowest BCUT2D eigenvalue weighted by molar-refractivity contribution is -0.117. The Morgan fingerprint density at radius 3 is 2.71 bits per heavy atom. The molecule has 35 heavy (non-hydrogen) atoms. The number of fused-ring (bicyclic) bond motifs is 2. The number of imidazole rings is 1. The first-order valence-electron chi connectivity index (χ1n) is 10.8. The topological polar surface area (TPSA) is 112 Å². The van der Waals surface area contributed by atoms with E-state index in [0.717, 1.165) is 11.1 Å². The van der Waals surface area contributed by atoms with E-state index in [-0.39, 0.29) is 17.3 Å². The third-order valence-electron chi connectivity index (χ3n) is 6.03. The van der Waals surface area contributed by atoms with E-state index < -0.39 is 23.5 Å². The minimum Gasteiger partial charge on any atom is -0.503 e. The Balaban J connectivity index is 1.50. The van der Waals surface area contributed by atoms with E-state index in [4.69, 9.17) is 16.0 Å². The van der Waals surface area contributed by atoms with Gasteiger partial charge in [0.15, 0.2) is 11.5 Å². The van der Waals surface area contributed by atoms with Crippen LogP contribution in [0.15, 0.2) is 82.7 Å². The number of rotatable bonds is 4. The van der Waals surface area contributed by atoms with Crippen molar-refractivity contribution in [3.63, 3.8) is 0 Å². The van der Waals surface area contributed by atoms with Gasteiger partial charge in [0.25, 0.3) is 5.91 Å². The van der Waals surface area contributed by atoms with Crippen molar-refractivity contribution in [2.45, 2.75) is 13.0 Å². The van der Waals surface area contributed by atoms with Gasteiger partial charge in [-0.05, 0) is 66.6 Å². The van der Waals surface area contributed by atoms with E-state index in [1.54, 1.807) is 48.8 Å². The Morgan fingerprint density at radius 2 is 1.91 bits per heavy atom. The van der Waals surface area contributed by atoms with E-state index in [1.165, 1.54) is 4.90 Å². The van der Waals surface area contributed by atoms with Crippen LogP contribution in [0, 0.1) is 6.92 Å². The van der Waals surface area contributed by atoms with Gasteiger partial charge in [0.1, 0.15) is 5.58 Å². The molecule has 0 bridgehead atoms. The summed E-state index contributed by atoms with van der Waals surface area (Å²) in [5, 5.41) is 12.1. The third kappa shape index (κ3) is 3.38. The summed E-state index contributed by atoms with van der Waals surface area (Å²) in [5.74, 6) is -1.82. The number of carbonyl (C=O) groups excluding carboxylic acids is 2. The van der Waals surface area contributed by atoms with E-state index in [9.17, 15) is 14.7 Å². The summed E-state index contributed by atoms with van der Waals surface area (Å²) < 4.78 is 5.75. The molecule has 1 amide bonds. The first kappa shape index (κ1) is 21.1. The van der Waals surface area contributed by atoms with Gasteiger partial charge in [-0.15, -0.1) is 0 Å². The molecule has 0 saturated carbocycles. The summed E-state index contributed by atoms with van der Waals surface area (Å²) >= 11 is 6.07. The highest BCUT2D eigenvalue weighted by atomic mass is 35.5. The van der Waals surface area contributed by atoms with Crippen molar-refractivity contribution in [2.75, 3.05) is 4.90 Å². The summed E-state index contributed by atoms with van der Waals surface area (Å²) in [6.45, 7) is 1.95. The van der Waals surface area contributed by atoms with Gasteiger partial charge in [0.05, 0.1) is 22.6 Å². The molecular formula is C26H17ClN4O4. The number of aliphatic hydroxyl groups excluding tert-OH is 1. The predicted octanol–water partition coefficient (Wildman–Crippen LogP) is 5.45. The monoisotopic (exact) mass is 484 g/mol. The minimum atomic E-state index is -0.948. The highest BCUT2D eigenvalue weighted by Gasteiger charge is 2.46. The molecule has 172 valence electrons. The van der Waals surface area contributed by atoms with E-state index in [0.29, 0.717) is 27.1 Å². The number of hydrogen-bond acceptors (Lipinski definition) is 6. The second kappa shape index (κ2) is 7.82. The maximum absolute atomic E-state index is 13.7. The molecule has 1 unspecified atom stereocenters. The Hall–Kier alpha value is -4.43. The number of nitrogens with zero attached hydrogens (tertiary/aromatic N) is 3. The van der Waals surface area contributed by atoms with Crippen LogP contribution in [0.25, 0.3) is 22.0 Å². The summed E-state index contributed by atoms with van der Waals surface area (Å²) in [5.41, 5.74) is 3.34. The largest absolute Gasteiger partial charge is 0.503 e. The number of nitrogens with one attached hydrogen (secondary N) is 1. The van der Waals surface area contributed by atoms with Gasteiger partial charge in [-0.1, -0.05) is 17.7 Å². The fourth-order valence-corrected chi connectivity index (χ4v) is 4.58. The van der Waals surface area contributed by atoms with E-state index >= 15 is 0 Å². The molecule has 3 aromatic heterocycles. The number of ketones is 1. The first-order valence-corrected chi connectivity index (χ1v) is 11.2. The van der Waals surface area contributed by atoms with Crippen molar-refractivity contribution in [1.29, 1.82) is 0 Å². The van der Waals surface area contributed by atoms with Crippen molar-refractivity contribution < 1.29 is 19.1 Å². The summed E-state index contributed by atoms with van der Waals surface area (Å²) in [6, 6.07) is 14.6. The average Bonchev–Trinajstić information content (AvgIpc) is 3.53. The normalized spacial score (nSPS) is 16.1. The molecule has 2 aromatic carbocycles. The number of amides is 1. The number of aromatic nitrogens is 3. The highest BCUT2D eigenvalue weighted by molar-refractivity contribution is 6.31. The number of hydrogen-bond donors (Lipinski definition) is 2. The third-order valence-corrected chi connectivity index (χ3v) is 6.26. The van der Waals surface area contributed by atoms with Gasteiger partial charge in [-0.2, -0.15) is 0 Å². The molecule has 6 rings (SSSR count). The van der Waals surface area contributed by atoms with Gasteiger partial charge in [0, 0.05) is 22.8 Å². The second-order valence-electron chi connectivity index (χ2n) is 8.32. The Kier molecular flexibility index (Phi) is 4.72. The molecule has 0 fully saturated rings. The number of carbonyl (C=O) groups is 2. The van der Waals surface area contributed by atoms with Crippen LogP contribution in [0.3, 0.4) is 0 Å². The maximum Gasteiger partial charge on any atom is 0.296 e. The Labute approximate surface area is 203 Å². The number of H-pyrrole nitrogens is 1. The molecule has 1 aliphatic rings. The fraction of sp³-hybridized carbons (Fsp3) is 0.0769. The van der Waals surface area contributed by atoms with Gasteiger partial charge in [0.2, 0.25) is 11.7 Å². The number of Topliss-reactive ketones (excluding diaryl/α,β-unsaturated/α-hetero) is 1. The summed E-state index contributed by atoms with van der Waals surface area (Å²) in [7, 11) is 0. The number of halogens is 1. The quantitative estimate of drug-likeness (QED) is 0.328. The molecule has 0 radical (unpaired) electrons. The molecule has 5 aromatic rings. The van der Waals surface area contributed by atoms with E-state index in [2.05, 4.69) is 15.0 Å². The lowest BCUT2D eigenvalue weighted by atomic mass is 9.96. The predicted molar refractivity (Wildman–Crippen MR) is 131 cm³/mol. The van der Waals surface area contributed by atoms with Crippen LogP contribution >= 0.6 is 11.6 Å². The average molecular weight is 485 g/mol. The molecule has 9 heteroatoms. The fourth-order valence-electron chi connectivity index (χ4n) is 4.40. The molecule has 8 nitrogen and oxygen atoms in total. The van der Waals surface area contributed by atoms with Crippen LogP contribution in [-0.4, -0.2) is 31.7 Å². The van der Waals surface area contributed by atoms with Crippen LogP contribution in [-0.2, 0) is 4.79 Å². The highest BCUT2D eigenvalue weighted by Crippen LogP contribution is 2.41. The summed E-state index contributed by atoms with van der Waals surface area (Å²) in [6.07, 6.45) is 3.11. The van der Waals surface area contributed by atoms with Crippen LogP contribution in [0.1, 0.15) is 27.7 Å². The SMILES string of the molecule is Cc1ccc2nc(N3C(=O)C(O)=C(C(=O)c4cc5cc(Cl)ccc5o4)C3c3ccncc3)[nH]c2c1.